The van der Waals surface area contributed by atoms with E-state index >= 15 is 0 Å². The summed E-state index contributed by atoms with van der Waals surface area (Å²) in [5.41, 5.74) is 1.73. The van der Waals surface area contributed by atoms with Crippen LogP contribution in [-0.4, -0.2) is 26.8 Å². The van der Waals surface area contributed by atoms with Gasteiger partial charge in [0.05, 0.1) is 0 Å². The molecule has 0 radical (unpaired) electrons. The summed E-state index contributed by atoms with van der Waals surface area (Å²) in [6.45, 7) is 2.67. The fourth-order valence-electron chi connectivity index (χ4n) is 2.45. The van der Waals surface area contributed by atoms with Crippen LogP contribution in [0.5, 0.6) is 0 Å². The zero-order chi connectivity index (χ0) is 13.0. The van der Waals surface area contributed by atoms with Crippen LogP contribution in [-0.2, 0) is 10.1 Å². The Morgan fingerprint density at radius 1 is 1.39 bits per heavy atom. The van der Waals surface area contributed by atoms with Gasteiger partial charge in [-0.1, -0.05) is 22.0 Å². The second kappa shape index (κ2) is 6.53. The molecule has 4 heteroatoms. The highest BCUT2D eigenvalue weighted by atomic mass is 79.9. The lowest BCUT2D eigenvalue weighted by atomic mass is 9.99. The fourth-order valence-corrected chi connectivity index (χ4v) is 3.01. The lowest BCUT2D eigenvalue weighted by Gasteiger charge is -2.29. The van der Waals surface area contributed by atoms with Gasteiger partial charge in [0.1, 0.15) is 5.82 Å². The topological polar surface area (TPSA) is 12.5 Å². The minimum atomic E-state index is -0.136. The predicted molar refractivity (Wildman–Crippen MR) is 75.8 cm³/mol. The molecule has 1 fully saturated rings. The largest absolute Gasteiger partial charge is 0.381 e. The van der Waals surface area contributed by atoms with E-state index in [0.717, 1.165) is 43.9 Å². The van der Waals surface area contributed by atoms with Gasteiger partial charge in [0.25, 0.3) is 0 Å². The van der Waals surface area contributed by atoms with Crippen molar-refractivity contribution < 1.29 is 9.13 Å². The van der Waals surface area contributed by atoms with Crippen LogP contribution in [0.15, 0.2) is 18.2 Å². The minimum absolute atomic E-state index is 0.136. The van der Waals surface area contributed by atoms with Crippen molar-refractivity contribution in [2.45, 2.75) is 18.2 Å². The van der Waals surface area contributed by atoms with Crippen molar-refractivity contribution in [3.8, 4) is 0 Å². The Labute approximate surface area is 116 Å². The molecule has 0 aromatic heterocycles. The molecule has 0 atom stereocenters. The molecule has 1 aliphatic heterocycles. The number of benzene rings is 1. The normalized spacial score (nSPS) is 16.8. The van der Waals surface area contributed by atoms with Crippen molar-refractivity contribution in [2.75, 3.05) is 31.7 Å². The van der Waals surface area contributed by atoms with E-state index in [1.165, 1.54) is 6.07 Å². The molecular weight excluding hydrogens is 297 g/mol. The fraction of sp³-hybridized carbons (Fsp3) is 0.571. The first kappa shape index (κ1) is 13.8. The number of halogens is 2. The van der Waals surface area contributed by atoms with E-state index < -0.39 is 0 Å². The molecule has 1 aromatic rings. The molecule has 2 nitrogen and oxygen atoms in total. The van der Waals surface area contributed by atoms with E-state index in [4.69, 9.17) is 4.74 Å². The van der Waals surface area contributed by atoms with Gasteiger partial charge < -0.3 is 9.64 Å². The number of alkyl halides is 1. The van der Waals surface area contributed by atoms with Crippen LogP contribution in [0.25, 0.3) is 0 Å². The van der Waals surface area contributed by atoms with Gasteiger partial charge in [-0.25, -0.2) is 4.39 Å². The highest BCUT2D eigenvalue weighted by molar-refractivity contribution is 9.08. The first-order chi connectivity index (χ1) is 8.72. The molecule has 18 heavy (non-hydrogen) atoms. The van der Waals surface area contributed by atoms with Gasteiger partial charge >= 0.3 is 0 Å². The van der Waals surface area contributed by atoms with Gasteiger partial charge in [-0.2, -0.15) is 0 Å². The standard InChI is InChI=1S/C14H19BrFNO/c1-17(10-11-5-7-18-8-6-11)14-4-2-3-13(16)12(14)9-15/h2-4,11H,5-10H2,1H3. The molecule has 0 amide bonds. The van der Waals surface area contributed by atoms with E-state index in [2.05, 4.69) is 20.8 Å². The molecule has 0 spiro atoms. The number of ether oxygens (including phenoxy) is 1. The van der Waals surface area contributed by atoms with Gasteiger partial charge in [0.15, 0.2) is 0 Å². The van der Waals surface area contributed by atoms with Crippen LogP contribution in [0, 0.1) is 11.7 Å². The molecule has 0 unspecified atom stereocenters. The molecule has 1 aliphatic rings. The molecule has 0 N–H and O–H groups in total. The Balaban J connectivity index is 2.07. The molecule has 1 saturated heterocycles. The summed E-state index contributed by atoms with van der Waals surface area (Å²) >= 11 is 3.37. The predicted octanol–water partition coefficient (Wildman–Crippen LogP) is 3.58. The zero-order valence-electron chi connectivity index (χ0n) is 10.7. The summed E-state index contributed by atoms with van der Waals surface area (Å²) in [5.74, 6) is 0.512. The number of anilines is 1. The lowest BCUT2D eigenvalue weighted by molar-refractivity contribution is 0.0685. The molecule has 100 valence electrons. The van der Waals surface area contributed by atoms with Crippen molar-refractivity contribution in [2.24, 2.45) is 5.92 Å². The molecule has 0 saturated carbocycles. The van der Waals surface area contributed by atoms with Crippen molar-refractivity contribution in [1.29, 1.82) is 0 Å². The SMILES string of the molecule is CN(CC1CCOCC1)c1cccc(F)c1CBr. The van der Waals surface area contributed by atoms with Crippen LogP contribution in [0.3, 0.4) is 0 Å². The average Bonchev–Trinajstić information content (AvgIpc) is 2.39. The maximum atomic E-state index is 13.7. The van der Waals surface area contributed by atoms with Gasteiger partial charge in [-0.15, -0.1) is 0 Å². The van der Waals surface area contributed by atoms with E-state index in [0.29, 0.717) is 11.2 Å². The summed E-state index contributed by atoms with van der Waals surface area (Å²) in [5, 5.41) is 0.549. The summed E-state index contributed by atoms with van der Waals surface area (Å²) in [6, 6.07) is 5.28. The van der Waals surface area contributed by atoms with E-state index in [-0.39, 0.29) is 5.82 Å². The van der Waals surface area contributed by atoms with Crippen LogP contribution in [0.2, 0.25) is 0 Å². The molecule has 1 aromatic carbocycles. The van der Waals surface area contributed by atoms with Gasteiger partial charge in [-0.3, -0.25) is 0 Å². The van der Waals surface area contributed by atoms with Crippen molar-refractivity contribution in [3.63, 3.8) is 0 Å². The van der Waals surface area contributed by atoms with E-state index in [9.17, 15) is 4.39 Å². The molecule has 0 aliphatic carbocycles. The van der Waals surface area contributed by atoms with Gasteiger partial charge in [0.2, 0.25) is 0 Å². The summed E-state index contributed by atoms with van der Waals surface area (Å²) in [6.07, 6.45) is 2.20. The summed E-state index contributed by atoms with van der Waals surface area (Å²) < 4.78 is 19.1. The Kier molecular flexibility index (Phi) is 5.01. The Morgan fingerprint density at radius 3 is 2.78 bits per heavy atom. The highest BCUT2D eigenvalue weighted by Crippen LogP contribution is 2.26. The minimum Gasteiger partial charge on any atom is -0.381 e. The number of hydrogen-bond donors (Lipinski definition) is 0. The smallest absolute Gasteiger partial charge is 0.129 e. The quantitative estimate of drug-likeness (QED) is 0.787. The number of hydrogen-bond acceptors (Lipinski definition) is 2. The lowest BCUT2D eigenvalue weighted by Crippen LogP contribution is -2.30. The summed E-state index contributed by atoms with van der Waals surface area (Å²) in [4.78, 5) is 2.16. The molecule has 0 bridgehead atoms. The Bertz CT molecular complexity index is 393. The Morgan fingerprint density at radius 2 is 2.11 bits per heavy atom. The maximum Gasteiger partial charge on any atom is 0.129 e. The second-order valence-electron chi connectivity index (χ2n) is 4.81. The highest BCUT2D eigenvalue weighted by Gasteiger charge is 2.18. The number of nitrogens with zero attached hydrogens (tertiary/aromatic N) is 1. The summed E-state index contributed by atoms with van der Waals surface area (Å²) in [7, 11) is 2.04. The number of rotatable bonds is 4. The van der Waals surface area contributed by atoms with Gasteiger partial charge in [0, 0.05) is 43.4 Å². The first-order valence-corrected chi connectivity index (χ1v) is 7.46. The van der Waals surface area contributed by atoms with Gasteiger partial charge in [-0.05, 0) is 30.9 Å². The molecule has 1 heterocycles. The zero-order valence-corrected chi connectivity index (χ0v) is 12.2. The molecule has 2 rings (SSSR count). The maximum absolute atomic E-state index is 13.7. The third kappa shape index (κ3) is 3.23. The van der Waals surface area contributed by atoms with E-state index in [1.54, 1.807) is 6.07 Å². The first-order valence-electron chi connectivity index (χ1n) is 6.34. The van der Waals surface area contributed by atoms with Crippen LogP contribution < -0.4 is 4.90 Å². The van der Waals surface area contributed by atoms with Crippen molar-refractivity contribution in [3.05, 3.63) is 29.6 Å². The Hall–Kier alpha value is -0.610. The second-order valence-corrected chi connectivity index (χ2v) is 5.37. The third-order valence-corrected chi connectivity index (χ3v) is 4.07. The average molecular weight is 316 g/mol. The van der Waals surface area contributed by atoms with Crippen LogP contribution in [0.4, 0.5) is 10.1 Å². The third-order valence-electron chi connectivity index (χ3n) is 3.51. The van der Waals surface area contributed by atoms with Crippen molar-refractivity contribution in [1.82, 2.24) is 0 Å². The monoisotopic (exact) mass is 315 g/mol. The van der Waals surface area contributed by atoms with Crippen LogP contribution >= 0.6 is 15.9 Å². The van der Waals surface area contributed by atoms with Crippen LogP contribution in [0.1, 0.15) is 18.4 Å². The van der Waals surface area contributed by atoms with E-state index in [1.807, 2.05) is 13.1 Å². The van der Waals surface area contributed by atoms with Crippen molar-refractivity contribution >= 4 is 21.6 Å². The molecular formula is C14H19BrFNO.